The Morgan fingerprint density at radius 3 is 2.68 bits per heavy atom. The zero-order valence-electron chi connectivity index (χ0n) is 11.3. The third kappa shape index (κ3) is 6.50. The summed E-state index contributed by atoms with van der Waals surface area (Å²) in [6.07, 6.45) is 1.54. The third-order valence-corrected chi connectivity index (χ3v) is 2.49. The number of halogens is 2. The maximum Gasteiger partial charge on any atom is 0.189 e. The van der Waals surface area contributed by atoms with E-state index >= 15 is 0 Å². The van der Waals surface area contributed by atoms with Gasteiger partial charge in [0, 0.05) is 18.3 Å². The Morgan fingerprint density at radius 2 is 2.11 bits per heavy atom. The van der Waals surface area contributed by atoms with Gasteiger partial charge in [-0.3, -0.25) is 4.99 Å². The van der Waals surface area contributed by atoms with Crippen LogP contribution in [0.15, 0.2) is 17.3 Å². The molecule has 1 rings (SSSR count). The van der Waals surface area contributed by atoms with Crippen molar-refractivity contribution in [1.82, 2.24) is 10.3 Å². The van der Waals surface area contributed by atoms with E-state index < -0.39 is 0 Å². The fourth-order valence-corrected chi connectivity index (χ4v) is 1.77. The number of aromatic nitrogens is 1. The topological polar surface area (TPSA) is 75.3 Å². The number of nitrogens with one attached hydrogen (secondary N) is 2. The second-order valence-electron chi connectivity index (χ2n) is 5.05. The molecule has 106 valence electrons. The van der Waals surface area contributed by atoms with E-state index in [9.17, 15) is 0 Å². The fourth-order valence-electron chi connectivity index (χ4n) is 1.32. The fraction of sp³-hybridized carbons (Fsp3) is 0.500. The van der Waals surface area contributed by atoms with Crippen molar-refractivity contribution in [2.45, 2.75) is 26.3 Å². The Hall–Kier alpha value is -1.20. The average Bonchev–Trinajstić information content (AvgIpc) is 2.24. The number of nitrogens with two attached hydrogens (primary N) is 1. The molecule has 0 fully saturated rings. The van der Waals surface area contributed by atoms with Gasteiger partial charge in [0.2, 0.25) is 0 Å². The highest BCUT2D eigenvalue weighted by molar-refractivity contribution is 6.35. The van der Waals surface area contributed by atoms with Crippen LogP contribution in [0.5, 0.6) is 0 Å². The first kappa shape index (κ1) is 15.9. The first-order valence-corrected chi connectivity index (χ1v) is 6.66. The molecule has 0 unspecified atom stereocenters. The molecule has 5 nitrogen and oxygen atoms in total. The van der Waals surface area contributed by atoms with Crippen LogP contribution in [0, 0.1) is 0 Å². The van der Waals surface area contributed by atoms with E-state index in [4.69, 9.17) is 28.9 Å². The summed E-state index contributed by atoms with van der Waals surface area (Å²) in [5, 5.41) is 7.13. The van der Waals surface area contributed by atoms with E-state index in [1.54, 1.807) is 6.07 Å². The van der Waals surface area contributed by atoms with Gasteiger partial charge >= 0.3 is 0 Å². The van der Waals surface area contributed by atoms with E-state index in [-0.39, 0.29) is 5.54 Å². The smallest absolute Gasteiger partial charge is 0.189 e. The summed E-state index contributed by atoms with van der Waals surface area (Å²) >= 11 is 11.7. The minimum Gasteiger partial charge on any atom is -0.370 e. The number of anilines is 1. The van der Waals surface area contributed by atoms with Gasteiger partial charge in [0.1, 0.15) is 5.82 Å². The zero-order chi connectivity index (χ0) is 14.5. The van der Waals surface area contributed by atoms with Crippen LogP contribution in [-0.4, -0.2) is 29.6 Å². The highest BCUT2D eigenvalue weighted by Crippen LogP contribution is 2.21. The molecule has 0 amide bonds. The van der Waals surface area contributed by atoms with Gasteiger partial charge in [0.05, 0.1) is 16.6 Å². The lowest BCUT2D eigenvalue weighted by Crippen LogP contribution is -2.45. The molecule has 19 heavy (non-hydrogen) atoms. The molecule has 0 spiro atoms. The van der Waals surface area contributed by atoms with Crippen molar-refractivity contribution in [1.29, 1.82) is 0 Å². The molecule has 0 atom stereocenters. The van der Waals surface area contributed by atoms with Gasteiger partial charge in [0.25, 0.3) is 0 Å². The van der Waals surface area contributed by atoms with E-state index in [2.05, 4.69) is 20.6 Å². The van der Waals surface area contributed by atoms with Gasteiger partial charge in [-0.1, -0.05) is 23.2 Å². The standard InChI is InChI=1S/C12H19Cl2N5/c1-12(2,3)19-11(15)17-5-4-16-10-9(14)6-8(13)7-18-10/h6-7H,4-5H2,1-3H3,(H,16,18)(H3,15,17,19). The van der Waals surface area contributed by atoms with Gasteiger partial charge < -0.3 is 16.4 Å². The number of rotatable bonds is 4. The molecule has 0 aliphatic carbocycles. The number of hydrogen-bond donors (Lipinski definition) is 3. The van der Waals surface area contributed by atoms with Crippen LogP contribution in [0.4, 0.5) is 5.82 Å². The summed E-state index contributed by atoms with van der Waals surface area (Å²) in [5.41, 5.74) is 5.65. The summed E-state index contributed by atoms with van der Waals surface area (Å²) in [6.45, 7) is 7.16. The van der Waals surface area contributed by atoms with Crippen molar-refractivity contribution in [3.05, 3.63) is 22.3 Å². The highest BCUT2D eigenvalue weighted by Gasteiger charge is 2.09. The van der Waals surface area contributed by atoms with Crippen molar-refractivity contribution in [2.24, 2.45) is 10.7 Å². The SMILES string of the molecule is CC(C)(C)NC(N)=NCCNc1ncc(Cl)cc1Cl. The van der Waals surface area contributed by atoms with Gasteiger partial charge in [-0.2, -0.15) is 0 Å². The molecule has 4 N–H and O–H groups in total. The summed E-state index contributed by atoms with van der Waals surface area (Å²) < 4.78 is 0. The maximum atomic E-state index is 5.98. The Kier molecular flexibility index (Phi) is 5.69. The molecule has 0 saturated carbocycles. The van der Waals surface area contributed by atoms with E-state index in [1.807, 2.05) is 20.8 Å². The van der Waals surface area contributed by atoms with Crippen LogP contribution < -0.4 is 16.4 Å². The van der Waals surface area contributed by atoms with Crippen LogP contribution in [0.1, 0.15) is 20.8 Å². The number of guanidine groups is 1. The van der Waals surface area contributed by atoms with Gasteiger partial charge in [-0.25, -0.2) is 4.98 Å². The van der Waals surface area contributed by atoms with Crippen molar-refractivity contribution >= 4 is 35.0 Å². The molecule has 1 heterocycles. The molecule has 7 heteroatoms. The normalized spacial score (nSPS) is 12.4. The minimum atomic E-state index is -0.0952. The summed E-state index contributed by atoms with van der Waals surface area (Å²) in [4.78, 5) is 8.28. The van der Waals surface area contributed by atoms with Crippen LogP contribution >= 0.6 is 23.2 Å². The largest absolute Gasteiger partial charge is 0.370 e. The zero-order valence-corrected chi connectivity index (χ0v) is 12.8. The molecule has 1 aromatic heterocycles. The van der Waals surface area contributed by atoms with Crippen molar-refractivity contribution in [2.75, 3.05) is 18.4 Å². The van der Waals surface area contributed by atoms with Crippen LogP contribution in [0.2, 0.25) is 10.0 Å². The first-order valence-electron chi connectivity index (χ1n) is 5.91. The van der Waals surface area contributed by atoms with Crippen molar-refractivity contribution in [3.8, 4) is 0 Å². The highest BCUT2D eigenvalue weighted by atomic mass is 35.5. The molecule has 1 aromatic rings. The molecule has 0 saturated heterocycles. The Labute approximate surface area is 123 Å². The summed E-state index contributed by atoms with van der Waals surface area (Å²) in [5.74, 6) is 1.01. The van der Waals surface area contributed by atoms with Crippen LogP contribution in [0.3, 0.4) is 0 Å². The molecular weight excluding hydrogens is 285 g/mol. The summed E-state index contributed by atoms with van der Waals surface area (Å²) in [7, 11) is 0. The van der Waals surface area contributed by atoms with E-state index in [0.29, 0.717) is 34.9 Å². The molecule has 0 aliphatic rings. The molecule has 0 aliphatic heterocycles. The number of nitrogens with zero attached hydrogens (tertiary/aromatic N) is 2. The number of aliphatic imine (C=N–C) groups is 1. The van der Waals surface area contributed by atoms with Crippen molar-refractivity contribution < 1.29 is 0 Å². The third-order valence-electron chi connectivity index (χ3n) is 2.00. The Balaban J connectivity index is 2.40. The molecule has 0 aromatic carbocycles. The molecule has 0 bridgehead atoms. The lowest BCUT2D eigenvalue weighted by atomic mass is 10.1. The summed E-state index contributed by atoms with van der Waals surface area (Å²) in [6, 6.07) is 1.64. The predicted molar refractivity (Wildman–Crippen MR) is 82.1 cm³/mol. The first-order chi connectivity index (χ1) is 8.78. The van der Waals surface area contributed by atoms with Crippen LogP contribution in [-0.2, 0) is 0 Å². The monoisotopic (exact) mass is 303 g/mol. The van der Waals surface area contributed by atoms with Gasteiger partial charge in [0.15, 0.2) is 5.96 Å². The molecule has 0 radical (unpaired) electrons. The van der Waals surface area contributed by atoms with Gasteiger partial charge in [-0.05, 0) is 26.8 Å². The number of pyridine rings is 1. The lowest BCUT2D eigenvalue weighted by molar-refractivity contribution is 0.508. The van der Waals surface area contributed by atoms with E-state index in [0.717, 1.165) is 0 Å². The maximum absolute atomic E-state index is 5.98. The lowest BCUT2D eigenvalue weighted by Gasteiger charge is -2.21. The quantitative estimate of drug-likeness (QED) is 0.454. The minimum absolute atomic E-state index is 0.0952. The molecular formula is C12H19Cl2N5. The second-order valence-corrected chi connectivity index (χ2v) is 5.90. The average molecular weight is 304 g/mol. The van der Waals surface area contributed by atoms with E-state index in [1.165, 1.54) is 6.20 Å². The predicted octanol–water partition coefficient (Wildman–Crippen LogP) is 2.50. The van der Waals surface area contributed by atoms with Crippen LogP contribution in [0.25, 0.3) is 0 Å². The Bertz CT molecular complexity index is 454. The second kappa shape index (κ2) is 6.82. The number of hydrogen-bond acceptors (Lipinski definition) is 3. The Morgan fingerprint density at radius 1 is 1.42 bits per heavy atom. The van der Waals surface area contributed by atoms with Crippen molar-refractivity contribution in [3.63, 3.8) is 0 Å². The van der Waals surface area contributed by atoms with Gasteiger partial charge in [-0.15, -0.1) is 0 Å².